The number of ether oxygens (including phenoxy) is 1. The fraction of sp³-hybridized carbons (Fsp3) is 0.412. The lowest BCUT2D eigenvalue weighted by molar-refractivity contribution is 0.460. The number of nitrogens with one attached hydrogen (secondary N) is 1. The highest BCUT2D eigenvalue weighted by molar-refractivity contribution is 5.39. The predicted molar refractivity (Wildman–Crippen MR) is 84.1 cm³/mol. The van der Waals surface area contributed by atoms with Crippen LogP contribution in [0.1, 0.15) is 36.6 Å². The van der Waals surface area contributed by atoms with Crippen molar-refractivity contribution in [2.75, 3.05) is 11.9 Å². The van der Waals surface area contributed by atoms with Gasteiger partial charge >= 0.3 is 0 Å². The van der Waals surface area contributed by atoms with Gasteiger partial charge in [-0.25, -0.2) is 4.98 Å². The van der Waals surface area contributed by atoms with Crippen molar-refractivity contribution in [3.8, 4) is 11.6 Å². The molecular weight excluding hydrogens is 262 g/mol. The Morgan fingerprint density at radius 3 is 2.71 bits per heavy atom. The van der Waals surface area contributed by atoms with E-state index in [1.807, 2.05) is 26.0 Å². The Morgan fingerprint density at radius 2 is 1.90 bits per heavy atom. The molecule has 1 heterocycles. The molecule has 3 rings (SSSR count). The largest absolute Gasteiger partial charge is 0.439 e. The first-order chi connectivity index (χ1) is 10.2. The van der Waals surface area contributed by atoms with Crippen LogP contribution in [0, 0.1) is 6.92 Å². The predicted octanol–water partition coefficient (Wildman–Crippen LogP) is 3.89. The first-order valence-corrected chi connectivity index (χ1v) is 7.64. The topological polar surface area (TPSA) is 47.0 Å². The number of aryl methyl sites for hydroxylation is 3. The highest BCUT2D eigenvalue weighted by Gasteiger charge is 2.11. The minimum absolute atomic E-state index is 0.592. The molecule has 1 aromatic heterocycles. The Morgan fingerprint density at radius 1 is 1.10 bits per heavy atom. The molecule has 1 aromatic carbocycles. The van der Waals surface area contributed by atoms with E-state index in [1.54, 1.807) is 0 Å². The maximum atomic E-state index is 5.92. The molecule has 0 saturated carbocycles. The smallest absolute Gasteiger partial charge is 0.226 e. The molecule has 0 saturated heterocycles. The molecule has 4 heteroatoms. The van der Waals surface area contributed by atoms with Gasteiger partial charge in [-0.1, -0.05) is 6.07 Å². The lowest BCUT2D eigenvalue weighted by atomic mass is 9.92. The Balaban J connectivity index is 1.83. The van der Waals surface area contributed by atoms with E-state index in [4.69, 9.17) is 4.74 Å². The van der Waals surface area contributed by atoms with Crippen molar-refractivity contribution >= 4 is 5.95 Å². The zero-order valence-electron chi connectivity index (χ0n) is 12.6. The minimum atomic E-state index is 0.592. The average Bonchev–Trinajstić information content (AvgIpc) is 2.47. The van der Waals surface area contributed by atoms with E-state index in [0.717, 1.165) is 24.4 Å². The van der Waals surface area contributed by atoms with Gasteiger partial charge in [0.25, 0.3) is 0 Å². The zero-order chi connectivity index (χ0) is 14.7. The van der Waals surface area contributed by atoms with Crippen LogP contribution in [-0.2, 0) is 12.8 Å². The lowest BCUT2D eigenvalue weighted by Gasteiger charge is -2.16. The number of aromatic nitrogens is 2. The van der Waals surface area contributed by atoms with Crippen LogP contribution in [0.25, 0.3) is 0 Å². The SMILES string of the molecule is CCNc1nc(C)cc(Oc2ccc3c(c2)CCCC3)n1. The third-order valence-electron chi connectivity index (χ3n) is 3.71. The molecule has 4 nitrogen and oxygen atoms in total. The molecule has 0 amide bonds. The van der Waals surface area contributed by atoms with Gasteiger partial charge < -0.3 is 10.1 Å². The Labute approximate surface area is 125 Å². The van der Waals surface area contributed by atoms with Crippen LogP contribution in [0.5, 0.6) is 11.6 Å². The van der Waals surface area contributed by atoms with Gasteiger partial charge in [-0.05, 0) is 62.8 Å². The fourth-order valence-corrected chi connectivity index (χ4v) is 2.72. The number of hydrogen-bond acceptors (Lipinski definition) is 4. The van der Waals surface area contributed by atoms with Crippen LogP contribution >= 0.6 is 0 Å². The number of anilines is 1. The minimum Gasteiger partial charge on any atom is -0.439 e. The number of benzene rings is 1. The molecular formula is C17H21N3O. The van der Waals surface area contributed by atoms with Crippen LogP contribution in [0.4, 0.5) is 5.95 Å². The summed E-state index contributed by atoms with van der Waals surface area (Å²) in [5.41, 5.74) is 3.77. The molecule has 0 atom stereocenters. The van der Waals surface area contributed by atoms with Crippen molar-refractivity contribution in [2.45, 2.75) is 39.5 Å². The van der Waals surface area contributed by atoms with E-state index < -0.39 is 0 Å². The second-order valence-electron chi connectivity index (χ2n) is 5.44. The first kappa shape index (κ1) is 13.9. The van der Waals surface area contributed by atoms with Gasteiger partial charge in [0.15, 0.2) is 0 Å². The van der Waals surface area contributed by atoms with Gasteiger partial charge in [0.2, 0.25) is 11.8 Å². The van der Waals surface area contributed by atoms with E-state index in [0.29, 0.717) is 11.8 Å². The molecule has 2 aromatic rings. The van der Waals surface area contributed by atoms with Gasteiger partial charge in [-0.15, -0.1) is 0 Å². The molecule has 0 bridgehead atoms. The lowest BCUT2D eigenvalue weighted by Crippen LogP contribution is -2.05. The summed E-state index contributed by atoms with van der Waals surface area (Å²) in [6.45, 7) is 4.76. The van der Waals surface area contributed by atoms with Gasteiger partial charge in [0.1, 0.15) is 5.75 Å². The maximum absolute atomic E-state index is 5.92. The van der Waals surface area contributed by atoms with Gasteiger partial charge in [-0.2, -0.15) is 4.98 Å². The second-order valence-corrected chi connectivity index (χ2v) is 5.44. The molecule has 0 unspecified atom stereocenters. The van der Waals surface area contributed by atoms with Crippen molar-refractivity contribution in [3.63, 3.8) is 0 Å². The van der Waals surface area contributed by atoms with E-state index in [9.17, 15) is 0 Å². The molecule has 0 aliphatic heterocycles. The third-order valence-corrected chi connectivity index (χ3v) is 3.71. The van der Waals surface area contributed by atoms with E-state index in [-0.39, 0.29) is 0 Å². The highest BCUT2D eigenvalue weighted by Crippen LogP contribution is 2.28. The summed E-state index contributed by atoms with van der Waals surface area (Å²) < 4.78 is 5.92. The van der Waals surface area contributed by atoms with E-state index >= 15 is 0 Å². The summed E-state index contributed by atoms with van der Waals surface area (Å²) in [4.78, 5) is 8.72. The highest BCUT2D eigenvalue weighted by atomic mass is 16.5. The standard InChI is InChI=1S/C17H21N3O/c1-3-18-17-19-12(2)10-16(20-17)21-15-9-8-13-6-4-5-7-14(13)11-15/h8-11H,3-7H2,1-2H3,(H,18,19,20). The van der Waals surface area contributed by atoms with Crippen LogP contribution in [0.2, 0.25) is 0 Å². The van der Waals surface area contributed by atoms with E-state index in [2.05, 4.69) is 27.4 Å². The normalized spacial score (nSPS) is 13.6. The summed E-state index contributed by atoms with van der Waals surface area (Å²) in [6, 6.07) is 8.23. The summed E-state index contributed by atoms with van der Waals surface area (Å²) in [5.74, 6) is 2.07. The maximum Gasteiger partial charge on any atom is 0.226 e. The number of nitrogens with zero attached hydrogens (tertiary/aromatic N) is 2. The number of fused-ring (bicyclic) bond motifs is 1. The Kier molecular flexibility index (Phi) is 4.04. The molecule has 1 aliphatic rings. The van der Waals surface area contributed by atoms with Gasteiger partial charge in [0, 0.05) is 18.3 Å². The third kappa shape index (κ3) is 3.32. The van der Waals surface area contributed by atoms with Crippen LogP contribution in [0.3, 0.4) is 0 Å². The molecule has 110 valence electrons. The van der Waals surface area contributed by atoms with Crippen molar-refractivity contribution in [2.24, 2.45) is 0 Å². The van der Waals surface area contributed by atoms with E-state index in [1.165, 1.54) is 30.4 Å². The summed E-state index contributed by atoms with van der Waals surface area (Å²) >= 11 is 0. The number of hydrogen-bond donors (Lipinski definition) is 1. The van der Waals surface area contributed by atoms with Gasteiger partial charge in [-0.3, -0.25) is 0 Å². The Bertz CT molecular complexity index is 640. The Hall–Kier alpha value is -2.10. The molecule has 1 N–H and O–H groups in total. The van der Waals surface area contributed by atoms with Gasteiger partial charge in [0.05, 0.1) is 0 Å². The average molecular weight is 283 g/mol. The van der Waals surface area contributed by atoms with Crippen molar-refractivity contribution in [1.29, 1.82) is 0 Å². The van der Waals surface area contributed by atoms with Crippen LogP contribution < -0.4 is 10.1 Å². The second kappa shape index (κ2) is 6.12. The summed E-state index contributed by atoms with van der Waals surface area (Å²) in [7, 11) is 0. The molecule has 21 heavy (non-hydrogen) atoms. The van der Waals surface area contributed by atoms with Crippen LogP contribution in [-0.4, -0.2) is 16.5 Å². The summed E-state index contributed by atoms with van der Waals surface area (Å²) in [5, 5.41) is 3.12. The van der Waals surface area contributed by atoms with Crippen molar-refractivity contribution in [3.05, 3.63) is 41.1 Å². The number of rotatable bonds is 4. The molecule has 1 aliphatic carbocycles. The monoisotopic (exact) mass is 283 g/mol. The zero-order valence-corrected chi connectivity index (χ0v) is 12.6. The molecule has 0 spiro atoms. The fourth-order valence-electron chi connectivity index (χ4n) is 2.72. The molecule has 0 fully saturated rings. The van der Waals surface area contributed by atoms with Crippen molar-refractivity contribution in [1.82, 2.24) is 9.97 Å². The van der Waals surface area contributed by atoms with Crippen molar-refractivity contribution < 1.29 is 4.74 Å². The first-order valence-electron chi connectivity index (χ1n) is 7.64. The summed E-state index contributed by atoms with van der Waals surface area (Å²) in [6.07, 6.45) is 4.91. The molecule has 0 radical (unpaired) electrons. The van der Waals surface area contributed by atoms with Crippen LogP contribution in [0.15, 0.2) is 24.3 Å². The quantitative estimate of drug-likeness (QED) is 0.924.